The van der Waals surface area contributed by atoms with Crippen molar-refractivity contribution < 1.29 is 15.0 Å². The molecule has 0 aliphatic rings. The van der Waals surface area contributed by atoms with E-state index in [-0.39, 0.29) is 29.9 Å². The second-order valence-corrected chi connectivity index (χ2v) is 3.55. The summed E-state index contributed by atoms with van der Waals surface area (Å²) in [5, 5.41) is 21.6. The van der Waals surface area contributed by atoms with Crippen molar-refractivity contribution in [3.8, 4) is 11.5 Å². The van der Waals surface area contributed by atoms with Crippen molar-refractivity contribution in [3.05, 3.63) is 23.8 Å². The summed E-state index contributed by atoms with van der Waals surface area (Å²) in [5.41, 5.74) is 0.661. The number of carbonyl (C=O) groups is 1. The third-order valence-corrected chi connectivity index (χ3v) is 2.14. The summed E-state index contributed by atoms with van der Waals surface area (Å²) < 4.78 is 0. The van der Waals surface area contributed by atoms with Gasteiger partial charge in [0.2, 0.25) is 0 Å². The van der Waals surface area contributed by atoms with E-state index in [0.717, 1.165) is 0 Å². The van der Waals surface area contributed by atoms with E-state index in [2.05, 4.69) is 5.32 Å². The molecule has 0 aromatic heterocycles. The van der Waals surface area contributed by atoms with E-state index in [1.54, 1.807) is 6.07 Å². The molecule has 0 saturated carbocycles. The molecule has 1 aromatic rings. The van der Waals surface area contributed by atoms with E-state index in [9.17, 15) is 9.90 Å². The van der Waals surface area contributed by atoms with Crippen LogP contribution in [0.2, 0.25) is 0 Å². The minimum absolute atomic E-state index is 0.0232. The van der Waals surface area contributed by atoms with Crippen LogP contribution in [-0.4, -0.2) is 22.5 Å². The van der Waals surface area contributed by atoms with Gasteiger partial charge in [0.15, 0.2) is 0 Å². The van der Waals surface area contributed by atoms with E-state index < -0.39 is 0 Å². The fourth-order valence-corrected chi connectivity index (χ4v) is 1.31. The summed E-state index contributed by atoms with van der Waals surface area (Å²) >= 11 is 0. The number of nitrogens with one attached hydrogen (secondary N) is 1. The molecule has 0 bridgehead atoms. The topological polar surface area (TPSA) is 69.6 Å². The normalized spacial score (nSPS) is 12.4. The third kappa shape index (κ3) is 3.25. The lowest BCUT2D eigenvalue weighted by atomic mass is 10.1. The van der Waals surface area contributed by atoms with Crippen LogP contribution in [0.15, 0.2) is 18.2 Å². The van der Waals surface area contributed by atoms with Gasteiger partial charge in [0.05, 0.1) is 6.54 Å². The van der Waals surface area contributed by atoms with Crippen LogP contribution < -0.4 is 5.32 Å². The molecular weight excluding hydrogens is 194 g/mol. The molecule has 0 heterocycles. The van der Waals surface area contributed by atoms with Crippen LogP contribution in [0.3, 0.4) is 0 Å². The van der Waals surface area contributed by atoms with E-state index in [0.29, 0.717) is 5.56 Å². The first-order valence-electron chi connectivity index (χ1n) is 4.75. The standard InChI is InChI=1S/C11H15NO3/c1-7(13)6-12-8(2)10-4-3-9(14)5-11(10)15/h3-5,8,12,14-15H,6H2,1-2H3/t8-/m0/s1. The summed E-state index contributed by atoms with van der Waals surface area (Å²) in [6.45, 7) is 3.60. The Balaban J connectivity index is 2.73. The molecule has 15 heavy (non-hydrogen) atoms. The second kappa shape index (κ2) is 4.79. The molecule has 4 heteroatoms. The zero-order valence-electron chi connectivity index (χ0n) is 8.82. The van der Waals surface area contributed by atoms with Gasteiger partial charge in [-0.3, -0.25) is 4.79 Å². The lowest BCUT2D eigenvalue weighted by Gasteiger charge is -2.14. The van der Waals surface area contributed by atoms with Gasteiger partial charge in [-0.05, 0) is 19.9 Å². The smallest absolute Gasteiger partial charge is 0.143 e. The Bertz CT molecular complexity index is 363. The van der Waals surface area contributed by atoms with Gasteiger partial charge < -0.3 is 15.5 Å². The Hall–Kier alpha value is -1.55. The van der Waals surface area contributed by atoms with Crippen LogP contribution in [0.25, 0.3) is 0 Å². The minimum Gasteiger partial charge on any atom is -0.508 e. The first-order valence-corrected chi connectivity index (χ1v) is 4.75. The van der Waals surface area contributed by atoms with Crippen LogP contribution in [0.1, 0.15) is 25.5 Å². The van der Waals surface area contributed by atoms with Gasteiger partial charge in [-0.1, -0.05) is 6.07 Å². The van der Waals surface area contributed by atoms with Crippen molar-refractivity contribution in [2.24, 2.45) is 0 Å². The van der Waals surface area contributed by atoms with Crippen LogP contribution in [0, 0.1) is 0 Å². The molecule has 0 fully saturated rings. The fraction of sp³-hybridized carbons (Fsp3) is 0.364. The fourth-order valence-electron chi connectivity index (χ4n) is 1.31. The number of carbonyl (C=O) groups excluding carboxylic acids is 1. The average molecular weight is 209 g/mol. The number of aromatic hydroxyl groups is 2. The highest BCUT2D eigenvalue weighted by Gasteiger charge is 2.10. The van der Waals surface area contributed by atoms with E-state index in [1.165, 1.54) is 19.1 Å². The molecule has 0 aliphatic carbocycles. The lowest BCUT2D eigenvalue weighted by Crippen LogP contribution is -2.24. The van der Waals surface area contributed by atoms with Crippen molar-refractivity contribution in [1.82, 2.24) is 5.32 Å². The highest BCUT2D eigenvalue weighted by molar-refractivity contribution is 5.77. The maximum Gasteiger partial charge on any atom is 0.143 e. The number of hydrogen-bond donors (Lipinski definition) is 3. The first-order chi connectivity index (χ1) is 7.00. The number of benzene rings is 1. The molecule has 0 spiro atoms. The summed E-state index contributed by atoms with van der Waals surface area (Å²) in [6.07, 6.45) is 0. The van der Waals surface area contributed by atoms with Gasteiger partial charge in [0.1, 0.15) is 17.3 Å². The van der Waals surface area contributed by atoms with Gasteiger partial charge in [-0.25, -0.2) is 0 Å². The Morgan fingerprint density at radius 3 is 2.67 bits per heavy atom. The molecule has 1 rings (SSSR count). The van der Waals surface area contributed by atoms with Crippen LogP contribution in [0.4, 0.5) is 0 Å². The molecule has 0 saturated heterocycles. The Morgan fingerprint density at radius 1 is 1.47 bits per heavy atom. The average Bonchev–Trinajstić information content (AvgIpc) is 2.14. The van der Waals surface area contributed by atoms with E-state index >= 15 is 0 Å². The predicted molar refractivity (Wildman–Crippen MR) is 56.9 cm³/mol. The number of rotatable bonds is 4. The number of phenols is 2. The first kappa shape index (κ1) is 11.5. The number of phenolic OH excluding ortho intramolecular Hbond substituents is 2. The Labute approximate surface area is 88.6 Å². The quantitative estimate of drug-likeness (QED) is 0.699. The van der Waals surface area contributed by atoms with Crippen LogP contribution in [-0.2, 0) is 4.79 Å². The van der Waals surface area contributed by atoms with Gasteiger partial charge in [-0.2, -0.15) is 0 Å². The zero-order valence-corrected chi connectivity index (χ0v) is 8.82. The predicted octanol–water partition coefficient (Wildman–Crippen LogP) is 1.34. The lowest BCUT2D eigenvalue weighted by molar-refractivity contribution is -0.116. The maximum absolute atomic E-state index is 10.8. The summed E-state index contributed by atoms with van der Waals surface area (Å²) in [7, 11) is 0. The highest BCUT2D eigenvalue weighted by Crippen LogP contribution is 2.27. The SMILES string of the molecule is CC(=O)CN[C@@H](C)c1ccc(O)cc1O. The van der Waals surface area contributed by atoms with Crippen molar-refractivity contribution in [3.63, 3.8) is 0 Å². The van der Waals surface area contributed by atoms with Gasteiger partial charge in [-0.15, -0.1) is 0 Å². The highest BCUT2D eigenvalue weighted by atomic mass is 16.3. The van der Waals surface area contributed by atoms with E-state index in [1.807, 2.05) is 6.92 Å². The molecule has 3 N–H and O–H groups in total. The van der Waals surface area contributed by atoms with Crippen LogP contribution >= 0.6 is 0 Å². The Kier molecular flexibility index (Phi) is 3.68. The van der Waals surface area contributed by atoms with Crippen molar-refractivity contribution >= 4 is 5.78 Å². The van der Waals surface area contributed by atoms with E-state index in [4.69, 9.17) is 5.11 Å². The molecule has 1 aromatic carbocycles. The second-order valence-electron chi connectivity index (χ2n) is 3.55. The molecule has 0 amide bonds. The van der Waals surface area contributed by atoms with Crippen molar-refractivity contribution in [2.75, 3.05) is 6.54 Å². The zero-order chi connectivity index (χ0) is 11.4. The van der Waals surface area contributed by atoms with Gasteiger partial charge in [0, 0.05) is 17.7 Å². The molecule has 4 nitrogen and oxygen atoms in total. The van der Waals surface area contributed by atoms with Crippen LogP contribution in [0.5, 0.6) is 11.5 Å². The number of Topliss-reactive ketones (excluding diaryl/α,β-unsaturated/α-hetero) is 1. The monoisotopic (exact) mass is 209 g/mol. The largest absolute Gasteiger partial charge is 0.508 e. The van der Waals surface area contributed by atoms with Gasteiger partial charge in [0.25, 0.3) is 0 Å². The summed E-state index contributed by atoms with van der Waals surface area (Å²) in [6, 6.07) is 4.28. The molecule has 0 radical (unpaired) electrons. The molecule has 0 unspecified atom stereocenters. The molecular formula is C11H15NO3. The van der Waals surface area contributed by atoms with Crippen molar-refractivity contribution in [2.45, 2.75) is 19.9 Å². The Morgan fingerprint density at radius 2 is 2.13 bits per heavy atom. The summed E-state index contributed by atoms with van der Waals surface area (Å²) in [4.78, 5) is 10.8. The molecule has 0 aliphatic heterocycles. The molecule has 1 atom stereocenters. The summed E-state index contributed by atoms with van der Waals surface area (Å²) in [5.74, 6) is 0.0914. The molecule has 82 valence electrons. The minimum atomic E-state index is -0.130. The third-order valence-electron chi connectivity index (χ3n) is 2.14. The maximum atomic E-state index is 10.8. The van der Waals surface area contributed by atoms with Crippen molar-refractivity contribution in [1.29, 1.82) is 0 Å². The number of ketones is 1. The number of hydrogen-bond acceptors (Lipinski definition) is 4. The van der Waals surface area contributed by atoms with Gasteiger partial charge >= 0.3 is 0 Å².